The summed E-state index contributed by atoms with van der Waals surface area (Å²) in [5, 5.41) is 19.3. The lowest BCUT2D eigenvalue weighted by Crippen LogP contribution is -2.54. The maximum Gasteiger partial charge on any atom is 0.408 e. The Morgan fingerprint density at radius 3 is 2.48 bits per heavy atom. The zero-order valence-electron chi connectivity index (χ0n) is 14.6. The first kappa shape index (κ1) is 19.2. The van der Waals surface area contributed by atoms with Crippen LogP contribution in [0.2, 0.25) is 0 Å². The molecule has 0 saturated carbocycles. The molecule has 7 nitrogen and oxygen atoms in total. The number of rotatable bonds is 8. The molecule has 1 aliphatic rings. The molecular weight excluding hydrogens is 326 g/mol. The van der Waals surface area contributed by atoms with Crippen molar-refractivity contribution in [2.45, 2.75) is 31.9 Å². The number of carboxylic acids is 1. The Hall–Kier alpha value is -2.12. The molecule has 3 atom stereocenters. The summed E-state index contributed by atoms with van der Waals surface area (Å²) in [6, 6.07) is 9.45. The summed E-state index contributed by atoms with van der Waals surface area (Å²) in [4.78, 5) is 24.6. The van der Waals surface area contributed by atoms with Crippen molar-refractivity contribution in [3.8, 4) is 0 Å². The van der Waals surface area contributed by atoms with Crippen molar-refractivity contribution in [1.82, 2.24) is 4.90 Å². The fraction of sp³-hybridized carbons (Fsp3) is 0.556. The van der Waals surface area contributed by atoms with Gasteiger partial charge in [0.25, 0.3) is 0 Å². The molecule has 1 amide bonds. The molecule has 0 aliphatic carbocycles. The summed E-state index contributed by atoms with van der Waals surface area (Å²) in [6.07, 6.45) is -1.33. The van der Waals surface area contributed by atoms with Gasteiger partial charge >= 0.3 is 12.1 Å². The van der Waals surface area contributed by atoms with Crippen LogP contribution in [0.5, 0.6) is 0 Å². The van der Waals surface area contributed by atoms with E-state index >= 15 is 0 Å². The molecule has 1 aromatic rings. The molecule has 1 unspecified atom stereocenters. The van der Waals surface area contributed by atoms with Crippen LogP contribution in [0.3, 0.4) is 0 Å². The summed E-state index contributed by atoms with van der Waals surface area (Å²) in [7, 11) is 0. The monoisotopic (exact) mass is 351 g/mol. The van der Waals surface area contributed by atoms with Crippen LogP contribution in [0.1, 0.15) is 19.4 Å². The van der Waals surface area contributed by atoms with E-state index in [-0.39, 0.29) is 6.54 Å². The van der Waals surface area contributed by atoms with E-state index in [0.29, 0.717) is 26.2 Å². The van der Waals surface area contributed by atoms with Crippen molar-refractivity contribution in [2.24, 2.45) is 5.92 Å². The Bertz CT molecular complexity index is 592. The predicted molar refractivity (Wildman–Crippen MR) is 90.6 cm³/mol. The molecular formula is C18H25NO6. The minimum Gasteiger partial charge on any atom is -0.479 e. The summed E-state index contributed by atoms with van der Waals surface area (Å²) in [5.41, 5.74) is -0.594. The number of ether oxygens (including phenoxy) is 2. The van der Waals surface area contributed by atoms with Gasteiger partial charge in [0.05, 0.1) is 25.9 Å². The van der Waals surface area contributed by atoms with Gasteiger partial charge in [0, 0.05) is 12.5 Å². The van der Waals surface area contributed by atoms with Crippen LogP contribution in [-0.4, -0.2) is 65.2 Å². The molecule has 1 aliphatic heterocycles. The molecule has 2 N–H and O–H groups in total. The Kier molecular flexibility index (Phi) is 6.39. The van der Waals surface area contributed by atoms with Crippen molar-refractivity contribution in [1.29, 1.82) is 0 Å². The Balaban J connectivity index is 2.26. The molecule has 0 spiro atoms. The summed E-state index contributed by atoms with van der Waals surface area (Å²) in [6.45, 7) is 4.62. The van der Waals surface area contributed by atoms with E-state index in [9.17, 15) is 19.8 Å². The van der Waals surface area contributed by atoms with Gasteiger partial charge in [-0.05, 0) is 25.8 Å². The van der Waals surface area contributed by atoms with Gasteiger partial charge in [0.2, 0.25) is 0 Å². The quantitative estimate of drug-likeness (QED) is 0.696. The first-order chi connectivity index (χ1) is 11.9. The summed E-state index contributed by atoms with van der Waals surface area (Å²) < 4.78 is 11.1. The Labute approximate surface area is 147 Å². The smallest absolute Gasteiger partial charge is 0.408 e. The number of carbonyl (C=O) groups is 2. The first-order valence-corrected chi connectivity index (χ1v) is 8.38. The summed E-state index contributed by atoms with van der Waals surface area (Å²) >= 11 is 0. The molecule has 1 heterocycles. The van der Waals surface area contributed by atoms with E-state index in [1.165, 1.54) is 6.92 Å². The van der Waals surface area contributed by atoms with Crippen molar-refractivity contribution in [3.05, 3.63) is 35.9 Å². The Morgan fingerprint density at radius 1 is 1.24 bits per heavy atom. The van der Waals surface area contributed by atoms with E-state index in [2.05, 4.69) is 0 Å². The third-order valence-corrected chi connectivity index (χ3v) is 4.82. The third-order valence-electron chi connectivity index (χ3n) is 4.82. The molecule has 0 radical (unpaired) electrons. The van der Waals surface area contributed by atoms with Crippen molar-refractivity contribution in [3.63, 3.8) is 0 Å². The lowest BCUT2D eigenvalue weighted by molar-refractivity contribution is -0.150. The maximum atomic E-state index is 12.0. The van der Waals surface area contributed by atoms with Gasteiger partial charge in [-0.3, -0.25) is 4.90 Å². The van der Waals surface area contributed by atoms with Crippen LogP contribution in [0.25, 0.3) is 0 Å². The molecule has 1 fully saturated rings. The van der Waals surface area contributed by atoms with E-state index in [1.807, 2.05) is 37.3 Å². The van der Waals surface area contributed by atoms with E-state index in [4.69, 9.17) is 9.47 Å². The average molecular weight is 351 g/mol. The zero-order chi connectivity index (χ0) is 18.4. The number of amides is 1. The van der Waals surface area contributed by atoms with Crippen LogP contribution in [0.4, 0.5) is 4.79 Å². The van der Waals surface area contributed by atoms with Crippen LogP contribution < -0.4 is 0 Å². The highest BCUT2D eigenvalue weighted by molar-refractivity contribution is 5.85. The number of likely N-dealkylation sites (tertiary alicyclic amines) is 1. The molecule has 138 valence electrons. The van der Waals surface area contributed by atoms with Gasteiger partial charge in [0.15, 0.2) is 0 Å². The van der Waals surface area contributed by atoms with Crippen LogP contribution in [0, 0.1) is 5.92 Å². The minimum absolute atomic E-state index is 0.0295. The van der Waals surface area contributed by atoms with E-state index < -0.39 is 29.6 Å². The lowest BCUT2D eigenvalue weighted by atomic mass is 9.80. The highest BCUT2D eigenvalue weighted by Gasteiger charge is 2.58. The van der Waals surface area contributed by atoms with E-state index in [0.717, 1.165) is 10.5 Å². The predicted octanol–water partition coefficient (Wildman–Crippen LogP) is 2.10. The number of benzene rings is 1. The molecule has 2 rings (SSSR count). The number of hydrogen-bond donors (Lipinski definition) is 2. The van der Waals surface area contributed by atoms with Crippen LogP contribution in [-0.2, 0) is 20.7 Å². The standard InChI is InChI=1S/C18H25NO6/c1-3-24-9-10-25-15-12-19(17(22)23)18(2,16(20)21)14(15)11-13-7-5-4-6-8-13/h4-8,14-15H,3,9-12H2,1-2H3,(H,20,21)(H,22,23)/t14?,15-,18-/m0/s1. The van der Waals surface area contributed by atoms with Crippen molar-refractivity contribution >= 4 is 12.1 Å². The van der Waals surface area contributed by atoms with Gasteiger partial charge in [-0.1, -0.05) is 30.3 Å². The molecule has 0 bridgehead atoms. The van der Waals surface area contributed by atoms with Crippen molar-refractivity contribution < 1.29 is 29.3 Å². The third kappa shape index (κ3) is 4.11. The van der Waals surface area contributed by atoms with Crippen LogP contribution in [0.15, 0.2) is 30.3 Å². The SMILES string of the molecule is CCOCCO[C@H]1CN(C(=O)O)[C@](C)(C(=O)O)C1Cc1ccccc1. The largest absolute Gasteiger partial charge is 0.479 e. The van der Waals surface area contributed by atoms with Gasteiger partial charge in [-0.15, -0.1) is 0 Å². The lowest BCUT2D eigenvalue weighted by Gasteiger charge is -2.34. The fourth-order valence-electron chi connectivity index (χ4n) is 3.38. The topological polar surface area (TPSA) is 96.3 Å². The van der Waals surface area contributed by atoms with Gasteiger partial charge < -0.3 is 19.7 Å². The molecule has 1 saturated heterocycles. The second-order valence-electron chi connectivity index (χ2n) is 6.25. The minimum atomic E-state index is -1.54. The fourth-order valence-corrected chi connectivity index (χ4v) is 3.38. The molecule has 0 aromatic heterocycles. The van der Waals surface area contributed by atoms with Gasteiger partial charge in [0.1, 0.15) is 5.54 Å². The first-order valence-electron chi connectivity index (χ1n) is 8.38. The number of carboxylic acid groups (broad SMARTS) is 2. The second-order valence-corrected chi connectivity index (χ2v) is 6.25. The highest BCUT2D eigenvalue weighted by atomic mass is 16.5. The van der Waals surface area contributed by atoms with Crippen molar-refractivity contribution in [2.75, 3.05) is 26.4 Å². The van der Waals surface area contributed by atoms with Gasteiger partial charge in [-0.2, -0.15) is 0 Å². The highest BCUT2D eigenvalue weighted by Crippen LogP contribution is 2.39. The maximum absolute atomic E-state index is 12.0. The van der Waals surface area contributed by atoms with Crippen LogP contribution >= 0.6 is 0 Å². The Morgan fingerprint density at radius 2 is 1.92 bits per heavy atom. The number of nitrogens with zero attached hydrogens (tertiary/aromatic N) is 1. The molecule has 7 heteroatoms. The number of hydrogen-bond acceptors (Lipinski definition) is 4. The van der Waals surface area contributed by atoms with E-state index in [1.54, 1.807) is 0 Å². The summed E-state index contributed by atoms with van der Waals surface area (Å²) in [5.74, 6) is -1.66. The number of aliphatic carboxylic acids is 1. The second kappa shape index (κ2) is 8.31. The zero-order valence-corrected chi connectivity index (χ0v) is 14.6. The normalized spacial score (nSPS) is 25.9. The molecule has 1 aromatic carbocycles. The molecule has 25 heavy (non-hydrogen) atoms. The van der Waals surface area contributed by atoms with Gasteiger partial charge in [-0.25, -0.2) is 9.59 Å². The average Bonchev–Trinajstić information content (AvgIpc) is 2.87.